The Morgan fingerprint density at radius 2 is 1.88 bits per heavy atom. The predicted molar refractivity (Wildman–Crippen MR) is 76.3 cm³/mol. The van der Waals surface area contributed by atoms with Crippen LogP contribution in [0.2, 0.25) is 0 Å². The van der Waals surface area contributed by atoms with Gasteiger partial charge in [0.2, 0.25) is 0 Å². The van der Waals surface area contributed by atoms with Gasteiger partial charge in [-0.25, -0.2) is 0 Å². The van der Waals surface area contributed by atoms with Crippen LogP contribution < -0.4 is 0 Å². The second kappa shape index (κ2) is 6.90. The van der Waals surface area contributed by atoms with Crippen LogP contribution in [0.15, 0.2) is 0 Å². The lowest BCUT2D eigenvalue weighted by molar-refractivity contribution is 0.103. The second-order valence-electron chi connectivity index (χ2n) is 5.80. The standard InChI is InChI=1S/C14H29NS/c1-4-6-13(12-16)11-15-9-7-14(3,5-2)8-10-15/h13,16H,4-12H2,1-3H3. The smallest absolute Gasteiger partial charge is 0.00175 e. The lowest BCUT2D eigenvalue weighted by Crippen LogP contribution is -2.41. The van der Waals surface area contributed by atoms with Gasteiger partial charge < -0.3 is 4.90 Å². The number of likely N-dealkylation sites (tertiary alicyclic amines) is 1. The van der Waals surface area contributed by atoms with Crippen molar-refractivity contribution in [3.8, 4) is 0 Å². The summed E-state index contributed by atoms with van der Waals surface area (Å²) in [5.74, 6) is 1.86. The zero-order chi connectivity index (χ0) is 12.0. The molecule has 1 rings (SSSR count). The van der Waals surface area contributed by atoms with Gasteiger partial charge in [-0.1, -0.05) is 33.6 Å². The molecule has 0 radical (unpaired) electrons. The Balaban J connectivity index is 2.30. The van der Waals surface area contributed by atoms with E-state index in [9.17, 15) is 0 Å². The second-order valence-corrected chi connectivity index (χ2v) is 6.17. The van der Waals surface area contributed by atoms with Crippen molar-refractivity contribution in [2.45, 2.75) is 52.9 Å². The molecule has 0 aliphatic carbocycles. The largest absolute Gasteiger partial charge is 0.303 e. The maximum absolute atomic E-state index is 4.48. The predicted octanol–water partition coefficient (Wildman–Crippen LogP) is 3.84. The molecule has 1 fully saturated rings. The van der Waals surface area contributed by atoms with E-state index in [1.807, 2.05) is 0 Å². The molecule has 1 heterocycles. The molecule has 0 N–H and O–H groups in total. The molecule has 0 spiro atoms. The molecule has 0 bridgehead atoms. The van der Waals surface area contributed by atoms with Crippen molar-refractivity contribution in [1.82, 2.24) is 4.90 Å². The Hall–Kier alpha value is 0.310. The Kier molecular flexibility index (Phi) is 6.20. The first-order valence-electron chi connectivity index (χ1n) is 6.96. The third kappa shape index (κ3) is 4.29. The summed E-state index contributed by atoms with van der Waals surface area (Å²) in [5.41, 5.74) is 0.623. The van der Waals surface area contributed by atoms with Crippen molar-refractivity contribution < 1.29 is 0 Å². The summed E-state index contributed by atoms with van der Waals surface area (Å²) in [7, 11) is 0. The van der Waals surface area contributed by atoms with Crippen LogP contribution in [0, 0.1) is 11.3 Å². The van der Waals surface area contributed by atoms with Gasteiger partial charge in [0.15, 0.2) is 0 Å². The molecule has 16 heavy (non-hydrogen) atoms. The van der Waals surface area contributed by atoms with Gasteiger partial charge in [0, 0.05) is 6.54 Å². The Bertz CT molecular complexity index is 185. The average molecular weight is 243 g/mol. The molecule has 1 atom stereocenters. The van der Waals surface area contributed by atoms with E-state index < -0.39 is 0 Å². The summed E-state index contributed by atoms with van der Waals surface area (Å²) >= 11 is 4.48. The van der Waals surface area contributed by atoms with Crippen LogP contribution in [-0.2, 0) is 0 Å². The minimum absolute atomic E-state index is 0.623. The van der Waals surface area contributed by atoms with E-state index in [0.29, 0.717) is 5.41 Å². The molecule has 0 aromatic heterocycles. The third-order valence-electron chi connectivity index (χ3n) is 4.39. The highest BCUT2D eigenvalue weighted by Crippen LogP contribution is 2.34. The van der Waals surface area contributed by atoms with E-state index in [0.717, 1.165) is 11.7 Å². The van der Waals surface area contributed by atoms with Gasteiger partial charge in [0.05, 0.1) is 0 Å². The van der Waals surface area contributed by atoms with Crippen LogP contribution in [0.1, 0.15) is 52.9 Å². The molecule has 96 valence electrons. The molecule has 0 amide bonds. The first-order valence-corrected chi connectivity index (χ1v) is 7.60. The average Bonchev–Trinajstić information content (AvgIpc) is 2.31. The Morgan fingerprint density at radius 1 is 1.25 bits per heavy atom. The van der Waals surface area contributed by atoms with Crippen LogP contribution in [0.25, 0.3) is 0 Å². The highest BCUT2D eigenvalue weighted by molar-refractivity contribution is 7.80. The fourth-order valence-electron chi connectivity index (χ4n) is 2.64. The summed E-state index contributed by atoms with van der Waals surface area (Å²) < 4.78 is 0. The van der Waals surface area contributed by atoms with E-state index in [-0.39, 0.29) is 0 Å². The van der Waals surface area contributed by atoms with E-state index in [1.165, 1.54) is 51.7 Å². The van der Waals surface area contributed by atoms with Crippen molar-refractivity contribution in [2.75, 3.05) is 25.4 Å². The number of hydrogen-bond acceptors (Lipinski definition) is 2. The first kappa shape index (κ1) is 14.4. The molecule has 1 nitrogen and oxygen atoms in total. The summed E-state index contributed by atoms with van der Waals surface area (Å²) in [6.45, 7) is 10.9. The molecular weight excluding hydrogens is 214 g/mol. The molecule has 0 aromatic rings. The zero-order valence-corrected chi connectivity index (χ0v) is 12.2. The number of thiol groups is 1. The van der Waals surface area contributed by atoms with Gasteiger partial charge in [-0.15, -0.1) is 0 Å². The topological polar surface area (TPSA) is 3.24 Å². The molecule has 0 aromatic carbocycles. The lowest BCUT2D eigenvalue weighted by atomic mass is 9.78. The summed E-state index contributed by atoms with van der Waals surface area (Å²) in [5, 5.41) is 0. The normalized spacial score (nSPS) is 23.2. The van der Waals surface area contributed by atoms with Crippen molar-refractivity contribution in [3.05, 3.63) is 0 Å². The number of piperidine rings is 1. The highest BCUT2D eigenvalue weighted by Gasteiger charge is 2.28. The van der Waals surface area contributed by atoms with Crippen LogP contribution in [0.3, 0.4) is 0 Å². The fourth-order valence-corrected chi connectivity index (χ4v) is 2.94. The zero-order valence-electron chi connectivity index (χ0n) is 11.3. The van der Waals surface area contributed by atoms with Gasteiger partial charge in [0.25, 0.3) is 0 Å². The van der Waals surface area contributed by atoms with E-state index in [2.05, 4.69) is 38.3 Å². The van der Waals surface area contributed by atoms with Gasteiger partial charge in [-0.05, 0) is 49.4 Å². The van der Waals surface area contributed by atoms with E-state index >= 15 is 0 Å². The van der Waals surface area contributed by atoms with E-state index in [1.54, 1.807) is 0 Å². The number of nitrogens with zero attached hydrogens (tertiary/aromatic N) is 1. The third-order valence-corrected chi connectivity index (χ3v) is 4.90. The minimum Gasteiger partial charge on any atom is -0.303 e. The van der Waals surface area contributed by atoms with Gasteiger partial charge in [-0.2, -0.15) is 12.6 Å². The minimum atomic E-state index is 0.623. The monoisotopic (exact) mass is 243 g/mol. The van der Waals surface area contributed by atoms with Crippen molar-refractivity contribution in [3.63, 3.8) is 0 Å². The van der Waals surface area contributed by atoms with Crippen LogP contribution >= 0.6 is 12.6 Å². The molecule has 2 heteroatoms. The van der Waals surface area contributed by atoms with Crippen LogP contribution in [0.4, 0.5) is 0 Å². The maximum Gasteiger partial charge on any atom is 0.00175 e. The van der Waals surface area contributed by atoms with Crippen LogP contribution in [-0.4, -0.2) is 30.3 Å². The van der Waals surface area contributed by atoms with Crippen molar-refractivity contribution in [1.29, 1.82) is 0 Å². The Labute approximate surface area is 107 Å². The van der Waals surface area contributed by atoms with Crippen LogP contribution in [0.5, 0.6) is 0 Å². The van der Waals surface area contributed by atoms with Crippen molar-refractivity contribution in [2.24, 2.45) is 11.3 Å². The van der Waals surface area contributed by atoms with Gasteiger partial charge in [0.1, 0.15) is 0 Å². The van der Waals surface area contributed by atoms with E-state index in [4.69, 9.17) is 0 Å². The quantitative estimate of drug-likeness (QED) is 0.694. The highest BCUT2D eigenvalue weighted by atomic mass is 32.1. The molecule has 1 saturated heterocycles. The summed E-state index contributed by atoms with van der Waals surface area (Å²) in [6, 6.07) is 0. The fraction of sp³-hybridized carbons (Fsp3) is 1.00. The number of hydrogen-bond donors (Lipinski definition) is 1. The molecule has 1 unspecified atom stereocenters. The Morgan fingerprint density at radius 3 is 2.31 bits per heavy atom. The summed E-state index contributed by atoms with van der Waals surface area (Å²) in [6.07, 6.45) is 6.74. The first-order chi connectivity index (χ1) is 7.63. The SMILES string of the molecule is CCCC(CS)CN1CCC(C)(CC)CC1. The van der Waals surface area contributed by atoms with Crippen molar-refractivity contribution >= 4 is 12.6 Å². The van der Waals surface area contributed by atoms with Gasteiger partial charge in [-0.3, -0.25) is 0 Å². The number of rotatable bonds is 6. The molecule has 0 saturated carbocycles. The molecular formula is C14H29NS. The van der Waals surface area contributed by atoms with Gasteiger partial charge >= 0.3 is 0 Å². The molecule has 1 aliphatic rings. The molecule has 1 aliphatic heterocycles. The summed E-state index contributed by atoms with van der Waals surface area (Å²) in [4.78, 5) is 2.66. The maximum atomic E-state index is 4.48. The lowest BCUT2D eigenvalue weighted by Gasteiger charge is -2.40.